The van der Waals surface area contributed by atoms with Crippen molar-refractivity contribution in [3.05, 3.63) is 11.6 Å². The Morgan fingerprint density at radius 2 is 1.93 bits per heavy atom. The summed E-state index contributed by atoms with van der Waals surface area (Å²) in [5.74, 6) is 0.434. The van der Waals surface area contributed by atoms with Gasteiger partial charge in [-0.05, 0) is 30.6 Å². The lowest BCUT2D eigenvalue weighted by atomic mass is 9.56. The Balaban J connectivity index is 2.40. The molecule has 3 atom stereocenters. The molecule has 0 heterocycles. The molecule has 0 aromatic rings. The Morgan fingerprint density at radius 3 is 2.50 bits per heavy atom. The number of hydrogen-bond donors (Lipinski definition) is 1. The van der Waals surface area contributed by atoms with Crippen molar-refractivity contribution in [3.63, 3.8) is 0 Å². The van der Waals surface area contributed by atoms with Gasteiger partial charge < -0.3 is 5.11 Å². The van der Waals surface area contributed by atoms with Gasteiger partial charge in [-0.1, -0.05) is 38.8 Å². The van der Waals surface area contributed by atoms with Gasteiger partial charge in [-0.25, -0.2) is 0 Å². The van der Waals surface area contributed by atoms with Crippen LogP contribution in [-0.2, 0) is 0 Å². The molecule has 0 radical (unpaired) electrons. The van der Waals surface area contributed by atoms with Crippen LogP contribution in [0.25, 0.3) is 0 Å². The molecule has 0 spiro atoms. The monoisotopic (exact) mass is 194 g/mol. The van der Waals surface area contributed by atoms with Gasteiger partial charge in [0.25, 0.3) is 0 Å². The molecule has 1 nitrogen and oxygen atoms in total. The minimum absolute atomic E-state index is 0.213. The van der Waals surface area contributed by atoms with Gasteiger partial charge in [0, 0.05) is 5.92 Å². The van der Waals surface area contributed by atoms with Crippen LogP contribution in [0.2, 0.25) is 0 Å². The molecule has 1 fully saturated rings. The van der Waals surface area contributed by atoms with Crippen LogP contribution >= 0.6 is 0 Å². The van der Waals surface area contributed by atoms with E-state index in [1.807, 2.05) is 0 Å². The smallest absolute Gasteiger partial charge is 0.0765 e. The van der Waals surface area contributed by atoms with E-state index in [0.29, 0.717) is 11.3 Å². The minimum atomic E-state index is -0.213. The molecule has 14 heavy (non-hydrogen) atoms. The van der Waals surface area contributed by atoms with Gasteiger partial charge in [0.15, 0.2) is 0 Å². The highest BCUT2D eigenvalue weighted by atomic mass is 16.3. The molecule has 0 amide bonds. The number of allylic oxidation sites excluding steroid dienone is 1. The Kier molecular flexibility index (Phi) is 2.08. The zero-order chi connectivity index (χ0) is 10.6. The van der Waals surface area contributed by atoms with Crippen molar-refractivity contribution in [2.75, 3.05) is 0 Å². The highest BCUT2D eigenvalue weighted by Crippen LogP contribution is 2.59. The molecular formula is C13H22O. The van der Waals surface area contributed by atoms with Crippen molar-refractivity contribution >= 4 is 0 Å². The lowest BCUT2D eigenvalue weighted by molar-refractivity contribution is -0.0273. The summed E-state index contributed by atoms with van der Waals surface area (Å²) < 4.78 is 0. The fraction of sp³-hybridized carbons (Fsp3) is 0.846. The van der Waals surface area contributed by atoms with Crippen LogP contribution in [0.15, 0.2) is 11.6 Å². The van der Waals surface area contributed by atoms with Gasteiger partial charge in [-0.15, -0.1) is 0 Å². The number of hydrogen-bond acceptors (Lipinski definition) is 1. The maximum absolute atomic E-state index is 10.1. The van der Waals surface area contributed by atoms with Crippen LogP contribution in [0.4, 0.5) is 0 Å². The summed E-state index contributed by atoms with van der Waals surface area (Å²) in [6.45, 7) is 9.14. The average molecular weight is 194 g/mol. The van der Waals surface area contributed by atoms with E-state index in [9.17, 15) is 5.11 Å². The largest absolute Gasteiger partial charge is 0.389 e. The van der Waals surface area contributed by atoms with E-state index < -0.39 is 0 Å². The van der Waals surface area contributed by atoms with E-state index in [1.54, 1.807) is 0 Å². The number of aliphatic hydroxyl groups excluding tert-OH is 1. The molecule has 2 aliphatic rings. The predicted molar refractivity (Wildman–Crippen MR) is 59.0 cm³/mol. The Labute approximate surface area is 87.2 Å². The van der Waals surface area contributed by atoms with Crippen LogP contribution in [0.3, 0.4) is 0 Å². The predicted octanol–water partition coefficient (Wildman–Crippen LogP) is 3.14. The third-order valence-electron chi connectivity index (χ3n) is 4.71. The summed E-state index contributed by atoms with van der Waals surface area (Å²) >= 11 is 0. The van der Waals surface area contributed by atoms with E-state index in [2.05, 4.69) is 33.8 Å². The van der Waals surface area contributed by atoms with Gasteiger partial charge in [0.05, 0.1) is 6.10 Å². The first-order chi connectivity index (χ1) is 6.38. The van der Waals surface area contributed by atoms with E-state index in [4.69, 9.17) is 0 Å². The third kappa shape index (κ3) is 1.18. The molecule has 0 saturated heterocycles. The topological polar surface area (TPSA) is 20.2 Å². The van der Waals surface area contributed by atoms with Gasteiger partial charge in [-0.3, -0.25) is 0 Å². The molecule has 1 heteroatoms. The number of fused-ring (bicyclic) bond motifs is 1. The van der Waals surface area contributed by atoms with Gasteiger partial charge in [0.2, 0.25) is 0 Å². The van der Waals surface area contributed by atoms with Crippen LogP contribution in [0, 0.1) is 16.7 Å². The van der Waals surface area contributed by atoms with Crippen molar-refractivity contribution < 1.29 is 5.11 Å². The summed E-state index contributed by atoms with van der Waals surface area (Å²) in [7, 11) is 0. The second kappa shape index (κ2) is 2.85. The van der Waals surface area contributed by atoms with E-state index in [0.717, 1.165) is 0 Å². The molecule has 0 unspecified atom stereocenters. The van der Waals surface area contributed by atoms with Crippen molar-refractivity contribution in [1.82, 2.24) is 0 Å². The van der Waals surface area contributed by atoms with Crippen molar-refractivity contribution in [2.45, 2.75) is 53.1 Å². The van der Waals surface area contributed by atoms with Gasteiger partial charge in [0.1, 0.15) is 0 Å². The molecule has 2 aliphatic carbocycles. The lowest BCUT2D eigenvalue weighted by Crippen LogP contribution is -2.44. The third-order valence-corrected chi connectivity index (χ3v) is 4.71. The summed E-state index contributed by atoms with van der Waals surface area (Å²) in [5.41, 5.74) is 1.96. The number of aliphatic hydroxyl groups is 1. The second-order valence-electron chi connectivity index (χ2n) is 6.08. The fourth-order valence-corrected chi connectivity index (χ4v) is 3.91. The van der Waals surface area contributed by atoms with Crippen molar-refractivity contribution in [1.29, 1.82) is 0 Å². The highest BCUT2D eigenvalue weighted by molar-refractivity contribution is 5.26. The SMILES string of the molecule is CC1=C[C@H](O)[C@H]2C(C)(C)CCC[C@@]12C. The summed E-state index contributed by atoms with van der Waals surface area (Å²) in [5, 5.41) is 10.1. The molecule has 0 aliphatic heterocycles. The lowest BCUT2D eigenvalue weighted by Gasteiger charge is -2.49. The summed E-state index contributed by atoms with van der Waals surface area (Å²) in [6, 6.07) is 0. The zero-order valence-corrected chi connectivity index (χ0v) is 9.80. The highest BCUT2D eigenvalue weighted by Gasteiger charge is 2.53. The Morgan fingerprint density at radius 1 is 1.29 bits per heavy atom. The van der Waals surface area contributed by atoms with Crippen LogP contribution < -0.4 is 0 Å². The fourth-order valence-electron chi connectivity index (χ4n) is 3.91. The first-order valence-corrected chi connectivity index (χ1v) is 5.75. The first-order valence-electron chi connectivity index (χ1n) is 5.75. The van der Waals surface area contributed by atoms with Crippen molar-refractivity contribution in [3.8, 4) is 0 Å². The maximum Gasteiger partial charge on any atom is 0.0765 e. The second-order valence-corrected chi connectivity index (χ2v) is 6.08. The molecule has 1 saturated carbocycles. The molecule has 0 aromatic carbocycles. The van der Waals surface area contributed by atoms with Crippen LogP contribution in [-0.4, -0.2) is 11.2 Å². The molecule has 1 N–H and O–H groups in total. The molecule has 2 rings (SSSR count). The Hall–Kier alpha value is -0.300. The van der Waals surface area contributed by atoms with E-state index >= 15 is 0 Å². The van der Waals surface area contributed by atoms with E-state index in [-0.39, 0.29) is 11.5 Å². The van der Waals surface area contributed by atoms with E-state index in [1.165, 1.54) is 24.8 Å². The minimum Gasteiger partial charge on any atom is -0.389 e. The normalized spacial score (nSPS) is 45.9. The maximum atomic E-state index is 10.1. The quantitative estimate of drug-likeness (QED) is 0.587. The van der Waals surface area contributed by atoms with Gasteiger partial charge >= 0.3 is 0 Å². The Bertz CT molecular complexity index is 277. The first kappa shape index (κ1) is 10.2. The molecule has 80 valence electrons. The van der Waals surface area contributed by atoms with Crippen LogP contribution in [0.1, 0.15) is 47.0 Å². The average Bonchev–Trinajstić information content (AvgIpc) is 2.22. The molecule has 0 aromatic heterocycles. The molecular weight excluding hydrogens is 172 g/mol. The summed E-state index contributed by atoms with van der Waals surface area (Å²) in [6.07, 6.45) is 5.68. The van der Waals surface area contributed by atoms with Crippen molar-refractivity contribution in [2.24, 2.45) is 16.7 Å². The van der Waals surface area contributed by atoms with Gasteiger partial charge in [-0.2, -0.15) is 0 Å². The standard InChI is InChI=1S/C13H22O/c1-9-8-10(14)11-12(2,3)6-5-7-13(9,11)4/h8,10-11,14H,5-7H2,1-4H3/t10-,11-,13-/m0/s1. The molecule has 0 bridgehead atoms. The number of rotatable bonds is 0. The van der Waals surface area contributed by atoms with Crippen LogP contribution in [0.5, 0.6) is 0 Å². The summed E-state index contributed by atoms with van der Waals surface area (Å²) in [4.78, 5) is 0. The zero-order valence-electron chi connectivity index (χ0n) is 9.80.